The summed E-state index contributed by atoms with van der Waals surface area (Å²) in [7, 11) is 0. The lowest BCUT2D eigenvalue weighted by Gasteiger charge is -2.07. The number of benzene rings is 2. The Morgan fingerprint density at radius 3 is 2.67 bits per heavy atom. The maximum atomic E-state index is 13.0. The van der Waals surface area contributed by atoms with Crippen LogP contribution in [0.2, 0.25) is 0 Å². The Kier molecular flexibility index (Phi) is 5.08. The molecule has 0 aliphatic heterocycles. The average molecular weight is 405 g/mol. The molecular formula is C21H16FN5O3. The van der Waals surface area contributed by atoms with E-state index in [0.29, 0.717) is 28.5 Å². The van der Waals surface area contributed by atoms with Crippen LogP contribution in [0.15, 0.2) is 71.5 Å². The molecule has 2 amide bonds. The first-order valence-corrected chi connectivity index (χ1v) is 8.94. The molecule has 0 saturated carbocycles. The minimum atomic E-state index is -0.620. The Labute approximate surface area is 170 Å². The maximum absolute atomic E-state index is 13.0. The molecule has 30 heavy (non-hydrogen) atoms. The molecule has 0 fully saturated rings. The second-order valence-electron chi connectivity index (χ2n) is 6.44. The third-order valence-electron chi connectivity index (χ3n) is 4.22. The lowest BCUT2D eigenvalue weighted by Crippen LogP contribution is -2.15. The molecule has 150 valence electrons. The van der Waals surface area contributed by atoms with E-state index in [1.807, 2.05) is 0 Å². The average Bonchev–Trinajstić information content (AvgIpc) is 3.39. The fourth-order valence-electron chi connectivity index (χ4n) is 2.81. The van der Waals surface area contributed by atoms with Gasteiger partial charge < -0.3 is 15.5 Å². The number of amides is 2. The van der Waals surface area contributed by atoms with Crippen molar-refractivity contribution in [1.82, 2.24) is 14.8 Å². The van der Waals surface area contributed by atoms with Gasteiger partial charge in [0.25, 0.3) is 5.91 Å². The second kappa shape index (κ2) is 8.00. The lowest BCUT2D eigenvalue weighted by molar-refractivity contribution is -0.115. The number of nitrogens with zero attached hydrogens (tertiary/aromatic N) is 3. The van der Waals surface area contributed by atoms with Crippen molar-refractivity contribution in [2.45, 2.75) is 6.42 Å². The summed E-state index contributed by atoms with van der Waals surface area (Å²) in [6.07, 6.45) is 3.00. The van der Waals surface area contributed by atoms with Gasteiger partial charge in [0.05, 0.1) is 17.8 Å². The first kappa shape index (κ1) is 19.1. The highest BCUT2D eigenvalue weighted by Gasteiger charge is 2.12. The first-order chi connectivity index (χ1) is 14.5. The first-order valence-electron chi connectivity index (χ1n) is 8.94. The van der Waals surface area contributed by atoms with E-state index >= 15 is 0 Å². The Hall–Kier alpha value is -4.27. The Bertz CT molecular complexity index is 1210. The van der Waals surface area contributed by atoms with Gasteiger partial charge in [-0.2, -0.15) is 5.10 Å². The number of nitrogens with two attached hydrogens (primary N) is 1. The maximum Gasteiger partial charge on any atom is 0.269 e. The van der Waals surface area contributed by atoms with E-state index in [9.17, 15) is 14.0 Å². The number of oxazole rings is 1. The van der Waals surface area contributed by atoms with Crippen LogP contribution in [0.3, 0.4) is 0 Å². The van der Waals surface area contributed by atoms with Crippen molar-refractivity contribution in [3.8, 4) is 17.1 Å². The standard InChI is InChI=1S/C21H16FN5O3/c22-14-6-4-13(5-7-14)21-25-16(12-30-21)11-19(28)24-15-2-1-3-17(10-15)27-9-8-18(26-27)20(23)29/h1-10,12H,11H2,(H2,23,29)(H,24,28). The van der Waals surface area contributed by atoms with Crippen LogP contribution in [-0.4, -0.2) is 26.6 Å². The van der Waals surface area contributed by atoms with Crippen molar-refractivity contribution >= 4 is 17.5 Å². The van der Waals surface area contributed by atoms with Crippen molar-refractivity contribution in [2.24, 2.45) is 5.73 Å². The Balaban J connectivity index is 1.43. The molecule has 0 aliphatic carbocycles. The van der Waals surface area contributed by atoms with Crippen molar-refractivity contribution in [3.63, 3.8) is 0 Å². The van der Waals surface area contributed by atoms with Crippen LogP contribution in [-0.2, 0) is 11.2 Å². The van der Waals surface area contributed by atoms with E-state index in [-0.39, 0.29) is 23.8 Å². The van der Waals surface area contributed by atoms with Gasteiger partial charge in [-0.05, 0) is 48.5 Å². The molecule has 0 bridgehead atoms. The smallest absolute Gasteiger partial charge is 0.269 e. The van der Waals surface area contributed by atoms with Gasteiger partial charge in [-0.25, -0.2) is 14.1 Å². The summed E-state index contributed by atoms with van der Waals surface area (Å²) in [5.74, 6) is -0.952. The number of hydrogen-bond acceptors (Lipinski definition) is 5. The predicted molar refractivity (Wildman–Crippen MR) is 106 cm³/mol. The molecule has 0 aliphatic rings. The number of hydrogen-bond donors (Lipinski definition) is 2. The van der Waals surface area contributed by atoms with Crippen LogP contribution in [0.25, 0.3) is 17.1 Å². The highest BCUT2D eigenvalue weighted by molar-refractivity contribution is 5.92. The zero-order valence-electron chi connectivity index (χ0n) is 15.6. The normalized spacial score (nSPS) is 10.7. The molecule has 2 aromatic carbocycles. The van der Waals surface area contributed by atoms with E-state index in [1.54, 1.807) is 42.6 Å². The summed E-state index contributed by atoms with van der Waals surface area (Å²) < 4.78 is 19.9. The molecule has 9 heteroatoms. The molecule has 2 heterocycles. The monoisotopic (exact) mass is 405 g/mol. The van der Waals surface area contributed by atoms with Gasteiger partial charge in [-0.1, -0.05) is 6.07 Å². The van der Waals surface area contributed by atoms with Gasteiger partial charge in [0.15, 0.2) is 0 Å². The van der Waals surface area contributed by atoms with E-state index in [1.165, 1.54) is 29.1 Å². The molecule has 0 unspecified atom stereocenters. The van der Waals surface area contributed by atoms with E-state index in [0.717, 1.165) is 0 Å². The van der Waals surface area contributed by atoms with Crippen LogP contribution >= 0.6 is 0 Å². The summed E-state index contributed by atoms with van der Waals surface area (Å²) in [5.41, 5.74) is 7.63. The van der Waals surface area contributed by atoms with Crippen molar-refractivity contribution in [3.05, 3.63) is 84.3 Å². The zero-order chi connectivity index (χ0) is 21.1. The Morgan fingerprint density at radius 2 is 1.93 bits per heavy atom. The molecule has 0 saturated heterocycles. The number of rotatable bonds is 6. The summed E-state index contributed by atoms with van der Waals surface area (Å²) in [6, 6.07) is 14.2. The molecule has 2 aromatic heterocycles. The molecule has 0 spiro atoms. The molecule has 0 atom stereocenters. The number of halogens is 1. The van der Waals surface area contributed by atoms with Crippen LogP contribution in [0.4, 0.5) is 10.1 Å². The van der Waals surface area contributed by atoms with Crippen molar-refractivity contribution in [2.75, 3.05) is 5.32 Å². The molecule has 8 nitrogen and oxygen atoms in total. The highest BCUT2D eigenvalue weighted by atomic mass is 19.1. The summed E-state index contributed by atoms with van der Waals surface area (Å²) >= 11 is 0. The van der Waals surface area contributed by atoms with Gasteiger partial charge in [-0.15, -0.1) is 0 Å². The number of anilines is 1. The van der Waals surface area contributed by atoms with Crippen molar-refractivity contribution in [1.29, 1.82) is 0 Å². The molecular weight excluding hydrogens is 389 g/mol. The van der Waals surface area contributed by atoms with Gasteiger partial charge >= 0.3 is 0 Å². The number of carbonyl (C=O) groups excluding carboxylic acids is 2. The highest BCUT2D eigenvalue weighted by Crippen LogP contribution is 2.20. The minimum absolute atomic E-state index is 0.00250. The minimum Gasteiger partial charge on any atom is -0.444 e. The summed E-state index contributed by atoms with van der Waals surface area (Å²) in [5, 5.41) is 6.87. The second-order valence-corrected chi connectivity index (χ2v) is 6.44. The van der Waals surface area contributed by atoms with Gasteiger partial charge in [0, 0.05) is 17.4 Å². The number of nitrogens with one attached hydrogen (secondary N) is 1. The van der Waals surface area contributed by atoms with Gasteiger partial charge in [0.2, 0.25) is 11.8 Å². The summed E-state index contributed by atoms with van der Waals surface area (Å²) in [4.78, 5) is 27.9. The number of primary amides is 1. The lowest BCUT2D eigenvalue weighted by atomic mass is 10.2. The topological polar surface area (TPSA) is 116 Å². The quantitative estimate of drug-likeness (QED) is 0.512. The fraction of sp³-hybridized carbons (Fsp3) is 0.0476. The van der Waals surface area contributed by atoms with E-state index in [4.69, 9.17) is 10.2 Å². The van der Waals surface area contributed by atoms with Crippen LogP contribution in [0.1, 0.15) is 16.2 Å². The molecule has 0 radical (unpaired) electrons. The van der Waals surface area contributed by atoms with Gasteiger partial charge in [0.1, 0.15) is 17.8 Å². The molecule has 4 rings (SSSR count). The van der Waals surface area contributed by atoms with Crippen LogP contribution in [0.5, 0.6) is 0 Å². The van der Waals surface area contributed by atoms with E-state index in [2.05, 4.69) is 15.4 Å². The predicted octanol–water partition coefficient (Wildman–Crippen LogP) is 2.95. The Morgan fingerprint density at radius 1 is 1.13 bits per heavy atom. The molecule has 3 N–H and O–H groups in total. The molecule has 4 aromatic rings. The van der Waals surface area contributed by atoms with E-state index < -0.39 is 5.91 Å². The fourth-order valence-corrected chi connectivity index (χ4v) is 2.81. The SMILES string of the molecule is NC(=O)c1ccn(-c2cccc(NC(=O)Cc3coc(-c4ccc(F)cc4)n3)c2)n1. The number of carbonyl (C=O) groups is 2. The zero-order valence-corrected chi connectivity index (χ0v) is 15.6. The van der Waals surface area contributed by atoms with Gasteiger partial charge in [-0.3, -0.25) is 9.59 Å². The third kappa shape index (κ3) is 4.25. The van der Waals surface area contributed by atoms with Crippen LogP contribution in [0, 0.1) is 5.82 Å². The third-order valence-corrected chi connectivity index (χ3v) is 4.22. The van der Waals surface area contributed by atoms with Crippen molar-refractivity contribution < 1.29 is 18.4 Å². The number of aromatic nitrogens is 3. The summed E-state index contributed by atoms with van der Waals surface area (Å²) in [6.45, 7) is 0. The largest absolute Gasteiger partial charge is 0.444 e. The van der Waals surface area contributed by atoms with Crippen LogP contribution < -0.4 is 11.1 Å².